The van der Waals surface area contributed by atoms with Crippen molar-refractivity contribution >= 4 is 11.8 Å². The molecule has 0 unspecified atom stereocenters. The van der Waals surface area contributed by atoms with E-state index in [4.69, 9.17) is 0 Å². The number of benzene rings is 2. The van der Waals surface area contributed by atoms with Crippen molar-refractivity contribution in [2.45, 2.75) is 19.4 Å². The van der Waals surface area contributed by atoms with E-state index in [0.29, 0.717) is 6.54 Å². The molecule has 0 aromatic heterocycles. The highest BCUT2D eigenvalue weighted by atomic mass is 19.1. The maximum atomic E-state index is 13.0. The van der Waals surface area contributed by atoms with Gasteiger partial charge in [0.2, 0.25) is 0 Å². The molecule has 2 aromatic carbocycles. The Kier molecular flexibility index (Phi) is 6.09. The fraction of sp³-hybridized carbons (Fsp3) is 0.273. The largest absolute Gasteiger partial charge is 0.503 e. The average Bonchev–Trinajstić information content (AvgIpc) is 2.98. The zero-order valence-electron chi connectivity index (χ0n) is 15.8. The molecule has 1 aliphatic rings. The minimum atomic E-state index is -0.508. The molecule has 1 heterocycles. The summed E-state index contributed by atoms with van der Waals surface area (Å²) in [6.45, 7) is 0.834. The number of carbonyl (C=O) groups is 2. The summed E-state index contributed by atoms with van der Waals surface area (Å²) in [4.78, 5) is 27.9. The molecular formula is C22H23FN2O3. The molecule has 5 nitrogen and oxygen atoms in total. The molecule has 0 aliphatic carbocycles. The second-order valence-corrected chi connectivity index (χ2v) is 6.93. The van der Waals surface area contributed by atoms with E-state index >= 15 is 0 Å². The number of aliphatic hydroxyl groups excluding tert-OH is 1. The number of nitrogens with zero attached hydrogens (tertiary/aromatic N) is 2. The normalized spacial score (nSPS) is 13.9. The molecule has 0 fully saturated rings. The van der Waals surface area contributed by atoms with Gasteiger partial charge in [0.15, 0.2) is 5.76 Å². The van der Waals surface area contributed by atoms with E-state index in [2.05, 4.69) is 0 Å². The standard InChI is InChI=1S/C22H23FN2O3/c1-24(14-17-9-11-18(23)12-10-17)21(27)19-15-25(22(28)20(19)26)13-5-8-16-6-3-2-4-7-16/h2-4,6-7,9-12,26H,5,8,13-15H2,1H3. The van der Waals surface area contributed by atoms with Gasteiger partial charge in [-0.05, 0) is 36.1 Å². The maximum Gasteiger partial charge on any atom is 0.289 e. The first-order valence-corrected chi connectivity index (χ1v) is 9.21. The molecule has 0 saturated carbocycles. The van der Waals surface area contributed by atoms with Crippen LogP contribution in [-0.2, 0) is 22.6 Å². The molecule has 1 aliphatic heterocycles. The Hall–Kier alpha value is -3.15. The monoisotopic (exact) mass is 382 g/mol. The molecule has 0 spiro atoms. The van der Waals surface area contributed by atoms with Crippen molar-refractivity contribution in [2.75, 3.05) is 20.1 Å². The van der Waals surface area contributed by atoms with Crippen LogP contribution in [0.3, 0.4) is 0 Å². The summed E-state index contributed by atoms with van der Waals surface area (Å²) in [7, 11) is 1.59. The maximum absolute atomic E-state index is 13.0. The molecule has 6 heteroatoms. The van der Waals surface area contributed by atoms with Crippen LogP contribution in [-0.4, -0.2) is 46.9 Å². The molecule has 0 saturated heterocycles. The third-order valence-electron chi connectivity index (χ3n) is 4.80. The zero-order chi connectivity index (χ0) is 20.1. The molecule has 3 rings (SSSR count). The van der Waals surface area contributed by atoms with Gasteiger partial charge in [-0.25, -0.2) is 4.39 Å². The van der Waals surface area contributed by atoms with Gasteiger partial charge >= 0.3 is 0 Å². The molecule has 2 aromatic rings. The van der Waals surface area contributed by atoms with Crippen LogP contribution in [0.5, 0.6) is 0 Å². The number of hydrogen-bond donors (Lipinski definition) is 1. The van der Waals surface area contributed by atoms with E-state index in [1.165, 1.54) is 27.5 Å². The van der Waals surface area contributed by atoms with Gasteiger partial charge in [0.25, 0.3) is 11.8 Å². The van der Waals surface area contributed by atoms with Crippen molar-refractivity contribution < 1.29 is 19.1 Å². The van der Waals surface area contributed by atoms with Crippen LogP contribution in [0.15, 0.2) is 65.9 Å². The minimum absolute atomic E-state index is 0.103. The van der Waals surface area contributed by atoms with Crippen LogP contribution in [0.1, 0.15) is 17.5 Å². The lowest BCUT2D eigenvalue weighted by Gasteiger charge is -2.19. The zero-order valence-corrected chi connectivity index (χ0v) is 15.8. The molecule has 2 amide bonds. The van der Waals surface area contributed by atoms with Crippen LogP contribution >= 0.6 is 0 Å². The predicted octanol–water partition coefficient (Wildman–Crippen LogP) is 3.07. The van der Waals surface area contributed by atoms with Crippen molar-refractivity contribution in [3.05, 3.63) is 82.9 Å². The van der Waals surface area contributed by atoms with Crippen LogP contribution < -0.4 is 0 Å². The van der Waals surface area contributed by atoms with E-state index in [1.807, 2.05) is 30.3 Å². The predicted molar refractivity (Wildman–Crippen MR) is 104 cm³/mol. The topological polar surface area (TPSA) is 60.9 Å². The highest BCUT2D eigenvalue weighted by Crippen LogP contribution is 2.20. The number of likely N-dealkylation sites (N-methyl/N-ethyl adjacent to an activating group) is 1. The molecule has 0 bridgehead atoms. The van der Waals surface area contributed by atoms with Crippen molar-refractivity contribution in [1.29, 1.82) is 0 Å². The molecule has 146 valence electrons. The lowest BCUT2D eigenvalue weighted by molar-refractivity contribution is -0.128. The van der Waals surface area contributed by atoms with Gasteiger partial charge in [-0.2, -0.15) is 0 Å². The van der Waals surface area contributed by atoms with Gasteiger partial charge in [0.05, 0.1) is 12.1 Å². The van der Waals surface area contributed by atoms with Crippen LogP contribution in [0, 0.1) is 5.82 Å². The van der Waals surface area contributed by atoms with E-state index in [-0.39, 0.29) is 24.5 Å². The molecule has 1 N–H and O–H groups in total. The highest BCUT2D eigenvalue weighted by molar-refractivity contribution is 6.06. The van der Waals surface area contributed by atoms with E-state index in [1.54, 1.807) is 19.2 Å². The van der Waals surface area contributed by atoms with Crippen molar-refractivity contribution in [3.8, 4) is 0 Å². The number of rotatable bonds is 7. The van der Waals surface area contributed by atoms with Crippen LogP contribution in [0.2, 0.25) is 0 Å². The number of amides is 2. The van der Waals surface area contributed by atoms with Crippen LogP contribution in [0.25, 0.3) is 0 Å². The summed E-state index contributed by atoms with van der Waals surface area (Å²) < 4.78 is 13.0. The van der Waals surface area contributed by atoms with Gasteiger partial charge < -0.3 is 14.9 Å². The Morgan fingerprint density at radius 1 is 1.11 bits per heavy atom. The van der Waals surface area contributed by atoms with Crippen LogP contribution in [0.4, 0.5) is 4.39 Å². The number of hydrogen-bond acceptors (Lipinski definition) is 3. The Labute approximate surface area is 163 Å². The molecular weight excluding hydrogens is 359 g/mol. The van der Waals surface area contributed by atoms with Crippen molar-refractivity contribution in [1.82, 2.24) is 9.80 Å². The van der Waals surface area contributed by atoms with E-state index in [0.717, 1.165) is 18.4 Å². The second-order valence-electron chi connectivity index (χ2n) is 6.93. The molecule has 0 radical (unpaired) electrons. The molecule has 28 heavy (non-hydrogen) atoms. The Morgan fingerprint density at radius 3 is 2.46 bits per heavy atom. The number of aliphatic hydroxyl groups is 1. The van der Waals surface area contributed by atoms with Gasteiger partial charge in [-0.1, -0.05) is 42.5 Å². The summed E-state index contributed by atoms with van der Waals surface area (Å²) in [6.07, 6.45) is 1.56. The SMILES string of the molecule is CN(Cc1ccc(F)cc1)C(=O)C1=C(O)C(=O)N(CCCc2ccccc2)C1. The first-order chi connectivity index (χ1) is 13.5. The first kappa shape index (κ1) is 19.6. The van der Waals surface area contributed by atoms with Gasteiger partial charge in [-0.15, -0.1) is 0 Å². The fourth-order valence-corrected chi connectivity index (χ4v) is 3.25. The van der Waals surface area contributed by atoms with Gasteiger partial charge in [0, 0.05) is 20.1 Å². The number of halogens is 1. The average molecular weight is 382 g/mol. The number of aryl methyl sites for hydroxylation is 1. The molecule has 0 atom stereocenters. The first-order valence-electron chi connectivity index (χ1n) is 9.21. The lowest BCUT2D eigenvalue weighted by atomic mass is 10.1. The van der Waals surface area contributed by atoms with E-state index < -0.39 is 17.6 Å². The van der Waals surface area contributed by atoms with Gasteiger partial charge in [0.1, 0.15) is 5.82 Å². The quantitative estimate of drug-likeness (QED) is 0.801. The Bertz CT molecular complexity index is 878. The summed E-state index contributed by atoms with van der Waals surface area (Å²) in [5.74, 6) is -1.73. The highest BCUT2D eigenvalue weighted by Gasteiger charge is 2.34. The summed E-state index contributed by atoms with van der Waals surface area (Å²) in [5.41, 5.74) is 2.05. The summed E-state index contributed by atoms with van der Waals surface area (Å²) in [6, 6.07) is 15.8. The second kappa shape index (κ2) is 8.69. The lowest BCUT2D eigenvalue weighted by Crippen LogP contribution is -2.32. The van der Waals surface area contributed by atoms with Crippen molar-refractivity contribution in [3.63, 3.8) is 0 Å². The fourth-order valence-electron chi connectivity index (χ4n) is 3.25. The smallest absolute Gasteiger partial charge is 0.289 e. The summed E-state index contributed by atoms with van der Waals surface area (Å²) in [5, 5.41) is 10.2. The minimum Gasteiger partial charge on any atom is -0.503 e. The van der Waals surface area contributed by atoms with Crippen molar-refractivity contribution in [2.24, 2.45) is 0 Å². The number of carbonyl (C=O) groups excluding carboxylic acids is 2. The van der Waals surface area contributed by atoms with E-state index in [9.17, 15) is 19.1 Å². The van der Waals surface area contributed by atoms with Gasteiger partial charge in [-0.3, -0.25) is 9.59 Å². The Morgan fingerprint density at radius 2 is 1.79 bits per heavy atom. The third kappa shape index (κ3) is 4.57. The summed E-state index contributed by atoms with van der Waals surface area (Å²) >= 11 is 0. The third-order valence-corrected chi connectivity index (χ3v) is 4.80. The Balaban J connectivity index is 1.56.